The van der Waals surface area contributed by atoms with Gasteiger partial charge in [-0.1, -0.05) is 35.9 Å². The SMILES string of the molecule is O=C(COc1ccccc1C(=O)N1CCOCC1)NCc1ccc(Cl)cc1. The summed E-state index contributed by atoms with van der Waals surface area (Å²) in [7, 11) is 0. The molecular weight excluding hydrogens is 368 g/mol. The van der Waals surface area contributed by atoms with Crippen LogP contribution in [0.4, 0.5) is 0 Å². The van der Waals surface area contributed by atoms with Gasteiger partial charge < -0.3 is 19.7 Å². The van der Waals surface area contributed by atoms with Crippen molar-refractivity contribution in [3.8, 4) is 5.75 Å². The zero-order chi connectivity index (χ0) is 19.1. The van der Waals surface area contributed by atoms with Gasteiger partial charge in [-0.15, -0.1) is 0 Å². The number of para-hydroxylation sites is 1. The Morgan fingerprint density at radius 1 is 1.07 bits per heavy atom. The van der Waals surface area contributed by atoms with Crippen LogP contribution in [0.1, 0.15) is 15.9 Å². The van der Waals surface area contributed by atoms with Crippen LogP contribution in [0.3, 0.4) is 0 Å². The van der Waals surface area contributed by atoms with E-state index in [1.54, 1.807) is 41.3 Å². The molecule has 1 fully saturated rings. The summed E-state index contributed by atoms with van der Waals surface area (Å²) in [5.74, 6) is 0.0182. The Balaban J connectivity index is 1.55. The lowest BCUT2D eigenvalue weighted by molar-refractivity contribution is -0.123. The van der Waals surface area contributed by atoms with Gasteiger partial charge >= 0.3 is 0 Å². The Kier molecular flexibility index (Phi) is 6.68. The van der Waals surface area contributed by atoms with Gasteiger partial charge in [-0.2, -0.15) is 0 Å². The van der Waals surface area contributed by atoms with Crippen molar-refractivity contribution in [1.82, 2.24) is 10.2 Å². The first-order valence-corrected chi connectivity index (χ1v) is 9.11. The molecule has 0 atom stereocenters. The molecule has 0 aliphatic carbocycles. The number of nitrogens with zero attached hydrogens (tertiary/aromatic N) is 1. The van der Waals surface area contributed by atoms with Crippen molar-refractivity contribution in [3.63, 3.8) is 0 Å². The van der Waals surface area contributed by atoms with Crippen LogP contribution < -0.4 is 10.1 Å². The highest BCUT2D eigenvalue weighted by molar-refractivity contribution is 6.30. The van der Waals surface area contributed by atoms with E-state index in [4.69, 9.17) is 21.1 Å². The largest absolute Gasteiger partial charge is 0.483 e. The number of halogens is 1. The molecule has 1 aliphatic rings. The van der Waals surface area contributed by atoms with Gasteiger partial charge in [0.25, 0.3) is 11.8 Å². The van der Waals surface area contributed by atoms with Crippen molar-refractivity contribution in [1.29, 1.82) is 0 Å². The first kappa shape index (κ1) is 19.2. The second-order valence-corrected chi connectivity index (χ2v) is 6.53. The lowest BCUT2D eigenvalue weighted by Crippen LogP contribution is -2.40. The molecule has 1 saturated heterocycles. The summed E-state index contributed by atoms with van der Waals surface area (Å²) in [5, 5.41) is 3.43. The smallest absolute Gasteiger partial charge is 0.258 e. The van der Waals surface area contributed by atoms with E-state index in [0.717, 1.165) is 5.56 Å². The second kappa shape index (κ2) is 9.39. The van der Waals surface area contributed by atoms with E-state index >= 15 is 0 Å². The highest BCUT2D eigenvalue weighted by atomic mass is 35.5. The normalized spacial score (nSPS) is 13.9. The number of hydrogen-bond acceptors (Lipinski definition) is 4. The van der Waals surface area contributed by atoms with Crippen LogP contribution in [0.5, 0.6) is 5.75 Å². The van der Waals surface area contributed by atoms with Crippen molar-refractivity contribution in [2.24, 2.45) is 0 Å². The van der Waals surface area contributed by atoms with Gasteiger partial charge in [-0.25, -0.2) is 0 Å². The highest BCUT2D eigenvalue weighted by Crippen LogP contribution is 2.20. The van der Waals surface area contributed by atoms with Gasteiger partial charge in [0.1, 0.15) is 5.75 Å². The van der Waals surface area contributed by atoms with Crippen LogP contribution in [0.2, 0.25) is 5.02 Å². The van der Waals surface area contributed by atoms with E-state index < -0.39 is 0 Å². The average molecular weight is 389 g/mol. The van der Waals surface area contributed by atoms with Crippen LogP contribution in [-0.2, 0) is 16.1 Å². The van der Waals surface area contributed by atoms with E-state index in [1.165, 1.54) is 0 Å². The van der Waals surface area contributed by atoms with E-state index in [9.17, 15) is 9.59 Å². The number of amides is 2. The van der Waals surface area contributed by atoms with Gasteiger partial charge in [0.05, 0.1) is 18.8 Å². The average Bonchev–Trinajstić information content (AvgIpc) is 2.72. The number of morpholine rings is 1. The van der Waals surface area contributed by atoms with Gasteiger partial charge in [0, 0.05) is 24.7 Å². The third-order valence-corrected chi connectivity index (χ3v) is 4.43. The third-order valence-electron chi connectivity index (χ3n) is 4.18. The number of hydrogen-bond donors (Lipinski definition) is 1. The van der Waals surface area contributed by atoms with Crippen molar-refractivity contribution >= 4 is 23.4 Å². The molecule has 27 heavy (non-hydrogen) atoms. The predicted octanol–water partition coefficient (Wildman–Crippen LogP) is 2.51. The van der Waals surface area contributed by atoms with Gasteiger partial charge in [-0.05, 0) is 29.8 Å². The van der Waals surface area contributed by atoms with Crippen LogP contribution in [0.25, 0.3) is 0 Å². The minimum atomic E-state index is -0.265. The van der Waals surface area contributed by atoms with E-state index in [-0.39, 0.29) is 18.4 Å². The molecule has 0 radical (unpaired) electrons. The summed E-state index contributed by atoms with van der Waals surface area (Å²) in [5.41, 5.74) is 1.39. The fraction of sp³-hybridized carbons (Fsp3) is 0.300. The Morgan fingerprint density at radius 2 is 1.78 bits per heavy atom. The molecule has 0 aromatic heterocycles. The van der Waals surface area contributed by atoms with Crippen LogP contribution in [-0.4, -0.2) is 49.6 Å². The zero-order valence-electron chi connectivity index (χ0n) is 14.8. The lowest BCUT2D eigenvalue weighted by Gasteiger charge is -2.27. The minimum absolute atomic E-state index is 0.115. The number of rotatable bonds is 6. The van der Waals surface area contributed by atoms with Crippen LogP contribution in [0.15, 0.2) is 48.5 Å². The standard InChI is InChI=1S/C20H21ClN2O4/c21-16-7-5-15(6-8-16)13-22-19(24)14-27-18-4-2-1-3-17(18)20(25)23-9-11-26-12-10-23/h1-8H,9-14H2,(H,22,24). The van der Waals surface area contributed by atoms with Crippen molar-refractivity contribution in [3.05, 3.63) is 64.7 Å². The fourth-order valence-electron chi connectivity index (χ4n) is 2.70. The maximum Gasteiger partial charge on any atom is 0.258 e. The first-order valence-electron chi connectivity index (χ1n) is 8.73. The second-order valence-electron chi connectivity index (χ2n) is 6.09. The van der Waals surface area contributed by atoms with E-state index in [1.807, 2.05) is 12.1 Å². The Hall–Kier alpha value is -2.57. The number of ether oxygens (including phenoxy) is 2. The molecule has 0 spiro atoms. The molecule has 0 bridgehead atoms. The number of nitrogens with one attached hydrogen (secondary N) is 1. The summed E-state index contributed by atoms with van der Waals surface area (Å²) in [6.07, 6.45) is 0. The zero-order valence-corrected chi connectivity index (χ0v) is 15.6. The fourth-order valence-corrected chi connectivity index (χ4v) is 2.83. The molecule has 0 saturated carbocycles. The topological polar surface area (TPSA) is 67.9 Å². The van der Waals surface area contributed by atoms with Gasteiger partial charge in [-0.3, -0.25) is 9.59 Å². The molecule has 3 rings (SSSR count). The summed E-state index contributed by atoms with van der Waals surface area (Å²) >= 11 is 5.84. The number of carbonyl (C=O) groups excluding carboxylic acids is 2. The van der Waals surface area contributed by atoms with Gasteiger partial charge in [0.2, 0.25) is 0 Å². The summed E-state index contributed by atoms with van der Waals surface area (Å²) in [6.45, 7) is 2.38. The summed E-state index contributed by atoms with van der Waals surface area (Å²) in [4.78, 5) is 26.5. The number of carbonyl (C=O) groups is 2. The maximum absolute atomic E-state index is 12.7. The molecule has 142 valence electrons. The Bertz CT molecular complexity index is 789. The monoisotopic (exact) mass is 388 g/mol. The van der Waals surface area contributed by atoms with E-state index in [0.29, 0.717) is 49.2 Å². The quantitative estimate of drug-likeness (QED) is 0.825. The predicted molar refractivity (Wildman–Crippen MR) is 102 cm³/mol. The molecule has 1 N–H and O–H groups in total. The first-order chi connectivity index (χ1) is 13.1. The molecule has 2 aromatic carbocycles. The molecular formula is C20H21ClN2O4. The summed E-state index contributed by atoms with van der Waals surface area (Å²) < 4.78 is 10.9. The van der Waals surface area contributed by atoms with Gasteiger partial charge in [0.15, 0.2) is 6.61 Å². The van der Waals surface area contributed by atoms with Crippen molar-refractivity contribution in [2.45, 2.75) is 6.54 Å². The molecule has 2 aromatic rings. The van der Waals surface area contributed by atoms with E-state index in [2.05, 4.69) is 5.32 Å². The molecule has 2 amide bonds. The Labute approximate surface area is 163 Å². The lowest BCUT2D eigenvalue weighted by atomic mass is 10.1. The molecule has 1 aliphatic heterocycles. The molecule has 0 unspecified atom stereocenters. The number of benzene rings is 2. The highest BCUT2D eigenvalue weighted by Gasteiger charge is 2.21. The summed E-state index contributed by atoms with van der Waals surface area (Å²) in [6, 6.07) is 14.2. The molecule has 1 heterocycles. The van der Waals surface area contributed by atoms with Crippen molar-refractivity contribution < 1.29 is 19.1 Å². The molecule has 7 heteroatoms. The maximum atomic E-state index is 12.7. The minimum Gasteiger partial charge on any atom is -0.483 e. The molecule has 6 nitrogen and oxygen atoms in total. The Morgan fingerprint density at radius 3 is 2.52 bits per heavy atom. The van der Waals surface area contributed by atoms with Crippen molar-refractivity contribution in [2.75, 3.05) is 32.9 Å². The van der Waals surface area contributed by atoms with Crippen LogP contribution in [0, 0.1) is 0 Å². The third kappa shape index (κ3) is 5.45. The van der Waals surface area contributed by atoms with Crippen LogP contribution >= 0.6 is 11.6 Å².